The lowest BCUT2D eigenvalue weighted by atomic mass is 10.4. The molecule has 1 aliphatic heterocycles. The third kappa shape index (κ3) is 5.83. The molecule has 1 unspecified atom stereocenters. The highest BCUT2D eigenvalue weighted by Crippen LogP contribution is 2.19. The molecule has 1 aliphatic rings. The SMILES string of the molecule is NCCSC1(NC(N)=NCC(F)(F)F)C=NC=CN1. The maximum atomic E-state index is 12.0. The fourth-order valence-corrected chi connectivity index (χ4v) is 2.10. The van der Waals surface area contributed by atoms with Crippen LogP contribution in [0.2, 0.25) is 0 Å². The van der Waals surface area contributed by atoms with E-state index in [2.05, 4.69) is 20.6 Å². The number of alkyl halides is 3. The fourth-order valence-electron chi connectivity index (χ4n) is 1.20. The molecule has 108 valence electrons. The second kappa shape index (κ2) is 6.66. The predicted molar refractivity (Wildman–Crippen MR) is 70.7 cm³/mol. The van der Waals surface area contributed by atoms with Crippen LogP contribution in [0.25, 0.3) is 0 Å². The van der Waals surface area contributed by atoms with Gasteiger partial charge in [0.25, 0.3) is 0 Å². The lowest BCUT2D eigenvalue weighted by Crippen LogP contribution is -2.59. The van der Waals surface area contributed by atoms with Gasteiger partial charge in [0.1, 0.15) is 6.54 Å². The molecule has 19 heavy (non-hydrogen) atoms. The first-order valence-corrected chi connectivity index (χ1v) is 6.31. The third-order valence-corrected chi connectivity index (χ3v) is 3.13. The van der Waals surface area contributed by atoms with E-state index in [1.54, 1.807) is 6.20 Å². The molecule has 0 bridgehead atoms. The minimum Gasteiger partial charge on any atom is -0.370 e. The summed E-state index contributed by atoms with van der Waals surface area (Å²) >= 11 is 1.32. The molecule has 1 heterocycles. The summed E-state index contributed by atoms with van der Waals surface area (Å²) in [4.78, 5) is 6.21. The van der Waals surface area contributed by atoms with Crippen LogP contribution in [0.15, 0.2) is 22.4 Å². The van der Waals surface area contributed by atoms with Crippen molar-refractivity contribution < 1.29 is 13.2 Å². The second-order valence-corrected chi connectivity index (χ2v) is 4.89. The van der Waals surface area contributed by atoms with Crippen molar-refractivity contribution in [1.29, 1.82) is 0 Å². The van der Waals surface area contributed by atoms with Crippen molar-refractivity contribution in [1.82, 2.24) is 10.6 Å². The number of halogens is 3. The Kier molecular flexibility index (Phi) is 5.48. The molecular formula is C9H15F3N6S. The van der Waals surface area contributed by atoms with Gasteiger partial charge in [0.05, 0.1) is 6.21 Å². The van der Waals surface area contributed by atoms with Gasteiger partial charge in [-0.3, -0.25) is 4.99 Å². The van der Waals surface area contributed by atoms with Crippen LogP contribution in [-0.4, -0.2) is 42.2 Å². The Bertz CT molecular complexity index is 381. The first-order valence-electron chi connectivity index (χ1n) is 5.33. The molecule has 1 rings (SSSR count). The number of nitrogens with zero attached hydrogens (tertiary/aromatic N) is 2. The van der Waals surface area contributed by atoms with Crippen molar-refractivity contribution in [2.75, 3.05) is 18.8 Å². The lowest BCUT2D eigenvalue weighted by molar-refractivity contribution is -0.118. The number of rotatable bonds is 5. The van der Waals surface area contributed by atoms with Gasteiger partial charge in [-0.25, -0.2) is 4.99 Å². The van der Waals surface area contributed by atoms with E-state index in [4.69, 9.17) is 11.5 Å². The molecule has 0 amide bonds. The summed E-state index contributed by atoms with van der Waals surface area (Å²) in [5.41, 5.74) is 10.8. The number of hydrogen-bond donors (Lipinski definition) is 4. The van der Waals surface area contributed by atoms with E-state index in [9.17, 15) is 13.2 Å². The highest BCUT2D eigenvalue weighted by molar-refractivity contribution is 8.01. The molecule has 0 aliphatic carbocycles. The maximum absolute atomic E-state index is 12.0. The number of nitrogens with one attached hydrogen (secondary N) is 2. The fraction of sp³-hybridized carbons (Fsp3) is 0.556. The van der Waals surface area contributed by atoms with Crippen LogP contribution in [-0.2, 0) is 0 Å². The number of aliphatic imine (C=N–C) groups is 2. The normalized spacial score (nSPS) is 23.3. The van der Waals surface area contributed by atoms with Gasteiger partial charge in [0.15, 0.2) is 11.0 Å². The minimum absolute atomic E-state index is 0.323. The molecule has 6 nitrogen and oxygen atoms in total. The van der Waals surface area contributed by atoms with Crippen molar-refractivity contribution in [3.8, 4) is 0 Å². The molecule has 6 N–H and O–H groups in total. The van der Waals surface area contributed by atoms with Crippen molar-refractivity contribution in [2.45, 2.75) is 11.2 Å². The Hall–Kier alpha value is -1.42. The standard InChI is InChI=1S/C9H15F3N6S/c10-8(11,12)5-16-7(14)18-9(19-4-1-13)6-15-2-3-17-9/h2-3,6,17H,1,4-5,13H2,(H3,14,16,18). The van der Waals surface area contributed by atoms with Crippen molar-refractivity contribution in [3.63, 3.8) is 0 Å². The van der Waals surface area contributed by atoms with Crippen molar-refractivity contribution >= 4 is 23.9 Å². The zero-order valence-corrected chi connectivity index (χ0v) is 10.8. The number of nitrogens with two attached hydrogens (primary N) is 2. The first kappa shape index (κ1) is 15.6. The molecule has 0 aromatic rings. The summed E-state index contributed by atoms with van der Waals surface area (Å²) in [6.45, 7) is -0.927. The zero-order chi connectivity index (χ0) is 14.4. The second-order valence-electron chi connectivity index (χ2n) is 3.55. The molecule has 0 radical (unpaired) electrons. The molecule has 0 aromatic carbocycles. The van der Waals surface area contributed by atoms with E-state index in [0.29, 0.717) is 12.3 Å². The Labute approximate surface area is 112 Å². The first-order chi connectivity index (χ1) is 8.87. The van der Waals surface area contributed by atoms with E-state index < -0.39 is 17.7 Å². The van der Waals surface area contributed by atoms with Gasteiger partial charge in [-0.1, -0.05) is 0 Å². The summed E-state index contributed by atoms with van der Waals surface area (Å²) in [6.07, 6.45) is 0.153. The monoisotopic (exact) mass is 296 g/mol. The Morgan fingerprint density at radius 2 is 2.26 bits per heavy atom. The molecule has 1 atom stereocenters. The Morgan fingerprint density at radius 3 is 2.79 bits per heavy atom. The Morgan fingerprint density at radius 1 is 1.53 bits per heavy atom. The summed E-state index contributed by atoms with van der Waals surface area (Å²) in [6, 6.07) is 0. The van der Waals surface area contributed by atoms with Crippen LogP contribution < -0.4 is 22.1 Å². The minimum atomic E-state index is -4.39. The zero-order valence-electron chi connectivity index (χ0n) is 9.94. The van der Waals surface area contributed by atoms with Crippen LogP contribution in [0.1, 0.15) is 0 Å². The Balaban J connectivity index is 2.67. The molecule has 0 saturated heterocycles. The summed E-state index contributed by atoms with van der Waals surface area (Å²) < 4.78 is 36.1. The molecule has 0 aromatic heterocycles. The van der Waals surface area contributed by atoms with Gasteiger partial charge >= 0.3 is 6.18 Å². The van der Waals surface area contributed by atoms with E-state index in [-0.39, 0.29) is 5.96 Å². The number of hydrogen-bond acceptors (Lipinski definition) is 5. The smallest absolute Gasteiger partial charge is 0.370 e. The lowest BCUT2D eigenvalue weighted by Gasteiger charge is -2.32. The van der Waals surface area contributed by atoms with E-state index >= 15 is 0 Å². The van der Waals surface area contributed by atoms with Gasteiger partial charge < -0.3 is 22.1 Å². The molecule has 10 heteroatoms. The van der Waals surface area contributed by atoms with Gasteiger partial charge in [-0.05, 0) is 0 Å². The largest absolute Gasteiger partial charge is 0.408 e. The molecule has 0 fully saturated rings. The number of thioether (sulfide) groups is 1. The number of guanidine groups is 1. The van der Waals surface area contributed by atoms with Crippen molar-refractivity contribution in [3.05, 3.63) is 12.4 Å². The van der Waals surface area contributed by atoms with Gasteiger partial charge in [0, 0.05) is 24.7 Å². The van der Waals surface area contributed by atoms with Crippen LogP contribution in [0, 0.1) is 0 Å². The average Bonchev–Trinajstić information content (AvgIpc) is 2.34. The maximum Gasteiger partial charge on any atom is 0.408 e. The van der Waals surface area contributed by atoms with E-state index in [1.165, 1.54) is 24.2 Å². The third-order valence-electron chi connectivity index (χ3n) is 1.90. The van der Waals surface area contributed by atoms with Gasteiger partial charge in [-0.15, -0.1) is 11.8 Å². The predicted octanol–water partition coefficient (Wildman–Crippen LogP) is -0.0561. The van der Waals surface area contributed by atoms with Crippen LogP contribution in [0.5, 0.6) is 0 Å². The van der Waals surface area contributed by atoms with E-state index in [1.807, 2.05) is 0 Å². The van der Waals surface area contributed by atoms with Gasteiger partial charge in [-0.2, -0.15) is 13.2 Å². The molecule has 0 saturated carbocycles. The van der Waals surface area contributed by atoms with Crippen LogP contribution in [0.3, 0.4) is 0 Å². The molecule has 0 spiro atoms. The summed E-state index contributed by atoms with van der Waals surface area (Å²) in [5, 5.41) is 5.58. The van der Waals surface area contributed by atoms with E-state index in [0.717, 1.165) is 0 Å². The van der Waals surface area contributed by atoms with Crippen LogP contribution >= 0.6 is 11.8 Å². The summed E-state index contributed by atoms with van der Waals surface area (Å²) in [5.74, 6) is 0.239. The molecular weight excluding hydrogens is 281 g/mol. The van der Waals surface area contributed by atoms with Gasteiger partial charge in [0.2, 0.25) is 0 Å². The van der Waals surface area contributed by atoms with Crippen LogP contribution in [0.4, 0.5) is 13.2 Å². The summed E-state index contributed by atoms with van der Waals surface area (Å²) in [7, 11) is 0. The topological polar surface area (TPSA) is 101 Å². The average molecular weight is 296 g/mol. The van der Waals surface area contributed by atoms with Crippen molar-refractivity contribution in [2.24, 2.45) is 21.5 Å². The quantitative estimate of drug-likeness (QED) is 0.324. The highest BCUT2D eigenvalue weighted by atomic mass is 32.2. The highest BCUT2D eigenvalue weighted by Gasteiger charge is 2.30.